The maximum absolute atomic E-state index is 12.5. The van der Waals surface area contributed by atoms with Gasteiger partial charge in [0.1, 0.15) is 5.60 Å². The first kappa shape index (κ1) is 17.4. The van der Waals surface area contributed by atoms with Gasteiger partial charge in [-0.05, 0) is 50.3 Å². The van der Waals surface area contributed by atoms with Gasteiger partial charge in [-0.3, -0.25) is 0 Å². The lowest BCUT2D eigenvalue weighted by Crippen LogP contribution is -2.38. The summed E-state index contributed by atoms with van der Waals surface area (Å²) in [5, 5.41) is 11.0. The van der Waals surface area contributed by atoms with Crippen LogP contribution in [0.4, 0.5) is 13.2 Å². The van der Waals surface area contributed by atoms with Gasteiger partial charge in [0.05, 0.1) is 5.97 Å². The maximum atomic E-state index is 12.5. The highest BCUT2D eigenvalue weighted by molar-refractivity contribution is 5.86. The van der Waals surface area contributed by atoms with Gasteiger partial charge >= 0.3 is 6.36 Å². The van der Waals surface area contributed by atoms with Crippen LogP contribution >= 0.6 is 0 Å². The van der Waals surface area contributed by atoms with Gasteiger partial charge in [-0.1, -0.05) is 13.3 Å². The minimum Gasteiger partial charge on any atom is -0.545 e. The number of carbonyl (C=O) groups excluding carboxylic acids is 1. The summed E-state index contributed by atoms with van der Waals surface area (Å²) < 4.78 is 47.4. The van der Waals surface area contributed by atoms with E-state index >= 15 is 0 Å². The van der Waals surface area contributed by atoms with Gasteiger partial charge in [0, 0.05) is 5.56 Å². The van der Waals surface area contributed by atoms with Crippen molar-refractivity contribution >= 4 is 5.97 Å². The van der Waals surface area contributed by atoms with Crippen molar-refractivity contribution in [2.24, 2.45) is 0 Å². The van der Waals surface area contributed by atoms with E-state index in [0.29, 0.717) is 19.3 Å². The molecule has 0 bridgehead atoms. The maximum Gasteiger partial charge on any atom is 0.573 e. The Morgan fingerprint density at radius 3 is 2.39 bits per heavy atom. The minimum atomic E-state index is -4.88. The molecular formula is C16H18F3O4-. The first-order valence-corrected chi connectivity index (χ1v) is 7.55. The molecule has 1 aliphatic rings. The van der Waals surface area contributed by atoms with Crippen molar-refractivity contribution in [1.29, 1.82) is 0 Å². The average Bonchev–Trinajstić information content (AvgIpc) is 2.48. The summed E-state index contributed by atoms with van der Waals surface area (Å²) in [7, 11) is 0. The fourth-order valence-electron chi connectivity index (χ4n) is 2.88. The monoisotopic (exact) mass is 331 g/mol. The van der Waals surface area contributed by atoms with Gasteiger partial charge in [-0.15, -0.1) is 13.2 Å². The summed E-state index contributed by atoms with van der Waals surface area (Å²) in [6.45, 7) is 1.90. The molecule has 0 radical (unpaired) electrons. The smallest absolute Gasteiger partial charge is 0.545 e. The van der Waals surface area contributed by atoms with Crippen LogP contribution in [0.25, 0.3) is 0 Å². The SMILES string of the molecule is CCC1(Oc2cc(C(=O)[O-])ccc2OC(F)(F)F)CCCCC1. The quantitative estimate of drug-likeness (QED) is 0.829. The van der Waals surface area contributed by atoms with E-state index in [1.165, 1.54) is 0 Å². The van der Waals surface area contributed by atoms with Crippen molar-refractivity contribution in [3.63, 3.8) is 0 Å². The Kier molecular flexibility index (Phi) is 5.06. The lowest BCUT2D eigenvalue weighted by atomic mass is 9.82. The molecule has 0 spiro atoms. The van der Waals surface area contributed by atoms with Gasteiger partial charge in [-0.2, -0.15) is 0 Å². The molecule has 1 saturated carbocycles. The lowest BCUT2D eigenvalue weighted by Gasteiger charge is -2.37. The van der Waals surface area contributed by atoms with Crippen LogP contribution in [0.5, 0.6) is 11.5 Å². The van der Waals surface area contributed by atoms with Crippen molar-refractivity contribution in [1.82, 2.24) is 0 Å². The highest BCUT2D eigenvalue weighted by Gasteiger charge is 2.36. The Hall–Kier alpha value is -1.92. The number of alkyl halides is 3. The largest absolute Gasteiger partial charge is 0.573 e. The fraction of sp³-hybridized carbons (Fsp3) is 0.562. The predicted octanol–water partition coefficient (Wildman–Crippen LogP) is 3.44. The predicted molar refractivity (Wildman–Crippen MR) is 74.2 cm³/mol. The molecule has 0 aromatic heterocycles. The van der Waals surface area contributed by atoms with E-state index in [2.05, 4.69) is 4.74 Å². The van der Waals surface area contributed by atoms with E-state index in [1.54, 1.807) is 0 Å². The molecule has 2 rings (SSSR count). The number of rotatable bonds is 5. The molecule has 0 amide bonds. The van der Waals surface area contributed by atoms with Gasteiger partial charge < -0.3 is 19.4 Å². The zero-order valence-electron chi connectivity index (χ0n) is 12.7. The van der Waals surface area contributed by atoms with Crippen LogP contribution in [0.15, 0.2) is 18.2 Å². The highest BCUT2D eigenvalue weighted by Crippen LogP contribution is 2.40. The molecule has 7 heteroatoms. The number of carboxylic acid groups (broad SMARTS) is 1. The summed E-state index contributed by atoms with van der Waals surface area (Å²) in [5.41, 5.74) is -0.844. The number of benzene rings is 1. The van der Waals surface area contributed by atoms with Crippen molar-refractivity contribution in [3.8, 4) is 11.5 Å². The molecule has 0 saturated heterocycles. The molecule has 0 unspecified atom stereocenters. The van der Waals surface area contributed by atoms with E-state index in [1.807, 2.05) is 6.92 Å². The molecule has 0 heterocycles. The first-order valence-electron chi connectivity index (χ1n) is 7.55. The Labute approximate surface area is 132 Å². The van der Waals surface area contributed by atoms with Crippen molar-refractivity contribution in [2.45, 2.75) is 57.4 Å². The second kappa shape index (κ2) is 6.68. The Bertz CT molecular complexity index is 563. The lowest BCUT2D eigenvalue weighted by molar-refractivity contribution is -0.275. The van der Waals surface area contributed by atoms with Crippen LogP contribution in [-0.4, -0.2) is 17.9 Å². The normalized spacial score (nSPS) is 17.6. The molecule has 1 aromatic carbocycles. The second-order valence-electron chi connectivity index (χ2n) is 5.70. The Morgan fingerprint density at radius 1 is 1.22 bits per heavy atom. The summed E-state index contributed by atoms with van der Waals surface area (Å²) >= 11 is 0. The zero-order valence-corrected chi connectivity index (χ0v) is 12.7. The Balaban J connectivity index is 2.36. The number of ether oxygens (including phenoxy) is 2. The second-order valence-corrected chi connectivity index (χ2v) is 5.70. The van der Waals surface area contributed by atoms with E-state index < -0.39 is 23.7 Å². The molecule has 4 nitrogen and oxygen atoms in total. The molecule has 0 N–H and O–H groups in total. The molecule has 0 atom stereocenters. The zero-order chi connectivity index (χ0) is 17.1. The topological polar surface area (TPSA) is 58.6 Å². The fourth-order valence-corrected chi connectivity index (χ4v) is 2.88. The third-order valence-corrected chi connectivity index (χ3v) is 4.14. The van der Waals surface area contributed by atoms with E-state index in [9.17, 15) is 23.1 Å². The first-order chi connectivity index (χ1) is 10.7. The van der Waals surface area contributed by atoms with Crippen LogP contribution in [0.1, 0.15) is 55.8 Å². The molecule has 1 aromatic rings. The standard InChI is InChI=1S/C16H19F3O4/c1-2-15(8-4-3-5-9-15)22-13-10-11(14(20)21)6-7-12(13)23-16(17,18)19/h6-7,10H,2-5,8-9H2,1H3,(H,20,21)/p-1. The highest BCUT2D eigenvalue weighted by atomic mass is 19.4. The van der Waals surface area contributed by atoms with Crippen LogP contribution in [0, 0.1) is 0 Å². The number of hydrogen-bond donors (Lipinski definition) is 0. The van der Waals surface area contributed by atoms with Gasteiger partial charge in [0.25, 0.3) is 0 Å². The molecule has 0 aliphatic heterocycles. The van der Waals surface area contributed by atoms with Gasteiger partial charge in [-0.25, -0.2) is 0 Å². The number of hydrogen-bond acceptors (Lipinski definition) is 4. The van der Waals surface area contributed by atoms with Crippen LogP contribution in [0.3, 0.4) is 0 Å². The molecule has 1 aliphatic carbocycles. The average molecular weight is 331 g/mol. The number of halogens is 3. The van der Waals surface area contributed by atoms with Gasteiger partial charge in [0.15, 0.2) is 11.5 Å². The van der Waals surface area contributed by atoms with E-state index in [4.69, 9.17) is 4.74 Å². The third-order valence-electron chi connectivity index (χ3n) is 4.14. The minimum absolute atomic E-state index is 0.215. The third kappa shape index (κ3) is 4.53. The van der Waals surface area contributed by atoms with Gasteiger partial charge in [0.2, 0.25) is 0 Å². The van der Waals surface area contributed by atoms with Crippen molar-refractivity contribution in [2.75, 3.05) is 0 Å². The number of aromatic carboxylic acids is 1. The summed E-state index contributed by atoms with van der Waals surface area (Å²) in [6, 6.07) is 2.98. The summed E-state index contributed by atoms with van der Waals surface area (Å²) in [4.78, 5) is 11.0. The van der Waals surface area contributed by atoms with Crippen molar-refractivity contribution in [3.05, 3.63) is 23.8 Å². The van der Waals surface area contributed by atoms with Crippen LogP contribution in [0.2, 0.25) is 0 Å². The Morgan fingerprint density at radius 2 is 1.87 bits per heavy atom. The van der Waals surface area contributed by atoms with Crippen LogP contribution in [-0.2, 0) is 0 Å². The summed E-state index contributed by atoms with van der Waals surface area (Å²) in [5.74, 6) is -2.24. The van der Waals surface area contributed by atoms with E-state index in [-0.39, 0.29) is 11.3 Å². The number of carboxylic acids is 1. The number of carbonyl (C=O) groups is 1. The van der Waals surface area contributed by atoms with E-state index in [0.717, 1.165) is 37.5 Å². The van der Waals surface area contributed by atoms with Crippen molar-refractivity contribution < 1.29 is 32.5 Å². The molecule has 23 heavy (non-hydrogen) atoms. The van der Waals surface area contributed by atoms with Crippen LogP contribution < -0.4 is 14.6 Å². The molecule has 1 fully saturated rings. The molecule has 128 valence electrons. The molecular weight excluding hydrogens is 313 g/mol. The summed E-state index contributed by atoms with van der Waals surface area (Å²) in [6.07, 6.45) is 0.0547.